The highest BCUT2D eigenvalue weighted by molar-refractivity contribution is 9.10. The van der Waals surface area contributed by atoms with Crippen LogP contribution in [0.15, 0.2) is 15.5 Å². The van der Waals surface area contributed by atoms with Gasteiger partial charge in [0.25, 0.3) is 5.56 Å². The zero-order valence-corrected chi connectivity index (χ0v) is 10.9. The molecule has 88 valence electrons. The van der Waals surface area contributed by atoms with Crippen LogP contribution in [0.4, 0.5) is 5.69 Å². The molecular weight excluding hydrogens is 270 g/mol. The van der Waals surface area contributed by atoms with E-state index in [9.17, 15) is 4.79 Å². The minimum Gasteiger partial charge on any atom is -0.382 e. The molecule has 1 aliphatic rings. The van der Waals surface area contributed by atoms with Gasteiger partial charge in [-0.1, -0.05) is 19.8 Å². The van der Waals surface area contributed by atoms with Crippen LogP contribution in [-0.2, 0) is 0 Å². The average Bonchev–Trinajstić information content (AvgIpc) is 2.67. The molecule has 2 unspecified atom stereocenters. The van der Waals surface area contributed by atoms with Crippen LogP contribution in [0.2, 0.25) is 0 Å². The number of hydrogen-bond donors (Lipinski definition) is 2. The van der Waals surface area contributed by atoms with E-state index in [1.165, 1.54) is 19.3 Å². The van der Waals surface area contributed by atoms with Crippen molar-refractivity contribution in [3.8, 4) is 0 Å². The normalized spacial score (nSPS) is 24.6. The molecular formula is C11H16BrN3O. The van der Waals surface area contributed by atoms with Crippen LogP contribution in [0.3, 0.4) is 0 Å². The number of nitrogens with zero attached hydrogens (tertiary/aromatic N) is 1. The molecule has 0 radical (unpaired) electrons. The Hall–Kier alpha value is -0.840. The Balaban J connectivity index is 1.99. The lowest BCUT2D eigenvalue weighted by Gasteiger charge is -2.16. The van der Waals surface area contributed by atoms with Crippen LogP contribution in [-0.4, -0.2) is 16.7 Å². The Morgan fingerprint density at radius 1 is 1.62 bits per heavy atom. The zero-order chi connectivity index (χ0) is 11.5. The smallest absolute Gasteiger partial charge is 0.280 e. The predicted octanol–water partition coefficient (Wildman–Crippen LogP) is 2.38. The third-order valence-corrected chi connectivity index (χ3v) is 4.18. The average molecular weight is 286 g/mol. The summed E-state index contributed by atoms with van der Waals surface area (Å²) < 4.78 is 0.535. The molecule has 0 aromatic carbocycles. The van der Waals surface area contributed by atoms with Gasteiger partial charge in [-0.2, -0.15) is 5.10 Å². The predicted molar refractivity (Wildman–Crippen MR) is 67.6 cm³/mol. The molecule has 2 rings (SSSR count). The van der Waals surface area contributed by atoms with Gasteiger partial charge in [-0.05, 0) is 34.2 Å². The zero-order valence-electron chi connectivity index (χ0n) is 9.29. The Labute approximate surface area is 103 Å². The lowest BCUT2D eigenvalue weighted by molar-refractivity contribution is 0.439. The first-order valence-corrected chi connectivity index (χ1v) is 6.45. The van der Waals surface area contributed by atoms with Crippen LogP contribution in [0, 0.1) is 11.8 Å². The van der Waals surface area contributed by atoms with Crippen molar-refractivity contribution < 1.29 is 0 Å². The monoisotopic (exact) mass is 285 g/mol. The lowest BCUT2D eigenvalue weighted by atomic mass is 9.98. The fraction of sp³-hybridized carbons (Fsp3) is 0.636. The second-order valence-electron chi connectivity index (χ2n) is 4.48. The standard InChI is InChI=1S/C11H16BrN3O/c1-7-3-2-4-8(7)5-13-9-6-14-15-11(16)10(9)12/h6-8H,2-5H2,1H3,(H2,13,15,16). The maximum atomic E-state index is 11.3. The highest BCUT2D eigenvalue weighted by Gasteiger charge is 2.23. The third-order valence-electron chi connectivity index (χ3n) is 3.39. The summed E-state index contributed by atoms with van der Waals surface area (Å²) in [6.07, 6.45) is 5.57. The fourth-order valence-corrected chi connectivity index (χ4v) is 2.60. The molecule has 16 heavy (non-hydrogen) atoms. The topological polar surface area (TPSA) is 57.8 Å². The molecule has 1 heterocycles. The highest BCUT2D eigenvalue weighted by atomic mass is 79.9. The van der Waals surface area contributed by atoms with Crippen LogP contribution in [0.25, 0.3) is 0 Å². The minimum absolute atomic E-state index is 0.190. The lowest BCUT2D eigenvalue weighted by Crippen LogP contribution is -2.19. The molecule has 0 spiro atoms. The largest absolute Gasteiger partial charge is 0.382 e. The maximum Gasteiger partial charge on any atom is 0.280 e. The SMILES string of the molecule is CC1CCCC1CNc1cn[nH]c(=O)c1Br. The fourth-order valence-electron chi connectivity index (χ4n) is 2.27. The van der Waals surface area contributed by atoms with Crippen molar-refractivity contribution in [2.45, 2.75) is 26.2 Å². The summed E-state index contributed by atoms with van der Waals surface area (Å²) in [7, 11) is 0. The quantitative estimate of drug-likeness (QED) is 0.897. The molecule has 0 bridgehead atoms. The molecule has 1 aromatic rings. The van der Waals surface area contributed by atoms with Gasteiger partial charge in [0.2, 0.25) is 0 Å². The number of rotatable bonds is 3. The van der Waals surface area contributed by atoms with E-state index >= 15 is 0 Å². The first-order chi connectivity index (χ1) is 7.68. The van der Waals surface area contributed by atoms with Crippen molar-refractivity contribution in [2.24, 2.45) is 11.8 Å². The number of hydrogen-bond acceptors (Lipinski definition) is 3. The molecule has 0 saturated heterocycles. The first kappa shape index (κ1) is 11.6. The van der Waals surface area contributed by atoms with Gasteiger partial charge in [-0.3, -0.25) is 4.79 Å². The first-order valence-electron chi connectivity index (χ1n) is 5.65. The van der Waals surface area contributed by atoms with Gasteiger partial charge in [0.05, 0.1) is 11.9 Å². The van der Waals surface area contributed by atoms with Gasteiger partial charge in [0.1, 0.15) is 4.47 Å². The second-order valence-corrected chi connectivity index (χ2v) is 5.27. The van der Waals surface area contributed by atoms with Crippen LogP contribution in [0.1, 0.15) is 26.2 Å². The van der Waals surface area contributed by atoms with E-state index in [1.54, 1.807) is 6.20 Å². The van der Waals surface area contributed by atoms with Crippen molar-refractivity contribution in [3.05, 3.63) is 21.0 Å². The van der Waals surface area contributed by atoms with Crippen LogP contribution >= 0.6 is 15.9 Å². The number of halogens is 1. The second kappa shape index (κ2) is 4.99. The Morgan fingerprint density at radius 3 is 3.12 bits per heavy atom. The van der Waals surface area contributed by atoms with Gasteiger partial charge < -0.3 is 5.32 Å². The molecule has 0 amide bonds. The summed E-state index contributed by atoms with van der Waals surface area (Å²) in [6.45, 7) is 3.22. The highest BCUT2D eigenvalue weighted by Crippen LogP contribution is 2.31. The van der Waals surface area contributed by atoms with E-state index in [0.717, 1.165) is 18.2 Å². The van der Waals surface area contributed by atoms with E-state index < -0.39 is 0 Å². The summed E-state index contributed by atoms with van der Waals surface area (Å²) in [6, 6.07) is 0. The van der Waals surface area contributed by atoms with Crippen molar-refractivity contribution in [2.75, 3.05) is 11.9 Å². The van der Waals surface area contributed by atoms with E-state index in [4.69, 9.17) is 0 Å². The molecule has 2 atom stereocenters. The Bertz CT molecular complexity index is 418. The van der Waals surface area contributed by atoms with Crippen molar-refractivity contribution in [1.29, 1.82) is 0 Å². The third kappa shape index (κ3) is 2.45. The summed E-state index contributed by atoms with van der Waals surface area (Å²) in [5, 5.41) is 9.46. The van der Waals surface area contributed by atoms with Gasteiger partial charge in [0, 0.05) is 6.54 Å². The van der Waals surface area contributed by atoms with E-state index in [-0.39, 0.29) is 5.56 Å². The van der Waals surface area contributed by atoms with Crippen molar-refractivity contribution in [1.82, 2.24) is 10.2 Å². The molecule has 1 aromatic heterocycles. The van der Waals surface area contributed by atoms with Gasteiger partial charge in [0.15, 0.2) is 0 Å². The Kier molecular flexibility index (Phi) is 3.63. The van der Waals surface area contributed by atoms with Gasteiger partial charge >= 0.3 is 0 Å². The van der Waals surface area contributed by atoms with Crippen molar-refractivity contribution in [3.63, 3.8) is 0 Å². The molecule has 0 aliphatic heterocycles. The maximum absolute atomic E-state index is 11.3. The van der Waals surface area contributed by atoms with E-state index in [1.807, 2.05) is 0 Å². The number of anilines is 1. The van der Waals surface area contributed by atoms with Gasteiger partial charge in [-0.15, -0.1) is 0 Å². The molecule has 4 nitrogen and oxygen atoms in total. The molecule has 1 saturated carbocycles. The van der Waals surface area contributed by atoms with E-state index in [0.29, 0.717) is 10.4 Å². The molecule has 5 heteroatoms. The summed E-state index contributed by atoms with van der Waals surface area (Å²) in [5.41, 5.74) is 0.590. The molecule has 1 aliphatic carbocycles. The van der Waals surface area contributed by atoms with Gasteiger partial charge in [-0.25, -0.2) is 5.10 Å². The van der Waals surface area contributed by atoms with Crippen LogP contribution in [0.5, 0.6) is 0 Å². The summed E-state index contributed by atoms with van der Waals surface area (Å²) >= 11 is 3.26. The minimum atomic E-state index is -0.190. The summed E-state index contributed by atoms with van der Waals surface area (Å²) in [5.74, 6) is 1.49. The number of H-pyrrole nitrogens is 1. The molecule has 1 fully saturated rings. The Morgan fingerprint density at radius 2 is 2.44 bits per heavy atom. The number of nitrogens with one attached hydrogen (secondary N) is 2. The molecule has 2 N–H and O–H groups in total. The summed E-state index contributed by atoms with van der Waals surface area (Å²) in [4.78, 5) is 11.3. The van der Waals surface area contributed by atoms with E-state index in [2.05, 4.69) is 38.4 Å². The van der Waals surface area contributed by atoms with Crippen LogP contribution < -0.4 is 10.9 Å². The number of aromatic amines is 1. The van der Waals surface area contributed by atoms with Crippen molar-refractivity contribution >= 4 is 21.6 Å². The number of aromatic nitrogens is 2.